The van der Waals surface area contributed by atoms with E-state index in [1.807, 2.05) is 24.3 Å². The minimum atomic E-state index is 0.204. The van der Waals surface area contributed by atoms with Gasteiger partial charge in [0.1, 0.15) is 12.4 Å². The summed E-state index contributed by atoms with van der Waals surface area (Å²) in [7, 11) is 1.68. The molecular weight excluding hydrogens is 567 g/mol. The van der Waals surface area contributed by atoms with Gasteiger partial charge in [-0.2, -0.15) is 0 Å². The van der Waals surface area contributed by atoms with Gasteiger partial charge in [-0.1, -0.05) is 96.4 Å². The van der Waals surface area contributed by atoms with Crippen molar-refractivity contribution in [2.24, 2.45) is 0 Å². The third-order valence-corrected chi connectivity index (χ3v) is 7.29. The maximum atomic E-state index is 9.32. The first-order valence-corrected chi connectivity index (χ1v) is 15.0. The summed E-state index contributed by atoms with van der Waals surface area (Å²) >= 11 is 11.2. The van der Waals surface area contributed by atoms with Gasteiger partial charge in [0.2, 0.25) is 0 Å². The Bertz CT molecular complexity index is 1400. The van der Waals surface area contributed by atoms with Crippen LogP contribution in [-0.4, -0.2) is 50.0 Å². The predicted molar refractivity (Wildman–Crippen MR) is 176 cm³/mol. The lowest BCUT2D eigenvalue weighted by molar-refractivity contribution is 0.160. The van der Waals surface area contributed by atoms with E-state index in [1.54, 1.807) is 25.3 Å². The Labute approximate surface area is 260 Å². The summed E-state index contributed by atoms with van der Waals surface area (Å²) in [5.74, 6) is 7.17. The second-order valence-corrected chi connectivity index (χ2v) is 10.6. The fourth-order valence-electron chi connectivity index (χ4n) is 4.35. The zero-order chi connectivity index (χ0) is 30.0. The Morgan fingerprint density at radius 1 is 0.810 bits per heavy atom. The molecule has 0 radical (unpaired) electrons. The van der Waals surface area contributed by atoms with Crippen LogP contribution in [0.25, 0.3) is 10.8 Å². The molecule has 0 heterocycles. The zero-order valence-electron chi connectivity index (χ0n) is 24.2. The number of hydrogen-bond donors (Lipinski definition) is 2. The lowest BCUT2D eigenvalue weighted by atomic mass is 10.1. The van der Waals surface area contributed by atoms with Gasteiger partial charge >= 0.3 is 0 Å². The molecule has 0 bridgehead atoms. The monoisotopic (exact) mass is 606 g/mol. The van der Waals surface area contributed by atoms with Crippen LogP contribution in [0.15, 0.2) is 84.9 Å². The van der Waals surface area contributed by atoms with E-state index in [4.69, 9.17) is 38.4 Å². The largest absolute Gasteiger partial charge is 0.497 e. The van der Waals surface area contributed by atoms with Crippen LogP contribution in [-0.2, 0) is 11.3 Å². The van der Waals surface area contributed by atoms with E-state index in [2.05, 4.69) is 59.2 Å². The van der Waals surface area contributed by atoms with Crippen LogP contribution in [0.5, 0.6) is 5.75 Å². The number of fused-ring (bicyclic) bond motifs is 1. The van der Waals surface area contributed by atoms with Crippen LogP contribution in [0.2, 0.25) is 10.0 Å². The number of para-hydroxylation sites is 1. The van der Waals surface area contributed by atoms with E-state index in [0.29, 0.717) is 22.3 Å². The summed E-state index contributed by atoms with van der Waals surface area (Å²) in [6, 6.07) is 27.9. The summed E-state index contributed by atoms with van der Waals surface area (Å²) in [5.41, 5.74) is 8.16. The van der Waals surface area contributed by atoms with Gasteiger partial charge in [-0.05, 0) is 72.1 Å². The minimum absolute atomic E-state index is 0.204. The number of ether oxygens (including phenoxy) is 2. The minimum Gasteiger partial charge on any atom is -0.497 e. The van der Waals surface area contributed by atoms with E-state index in [9.17, 15) is 5.11 Å². The first-order valence-electron chi connectivity index (χ1n) is 14.2. The Balaban J connectivity index is 0.000000458. The molecule has 0 spiro atoms. The summed E-state index contributed by atoms with van der Waals surface area (Å²) in [5, 5.41) is 12.6. The number of nitrogen functional groups attached to an aromatic ring is 1. The number of aliphatic hydroxyl groups is 1. The van der Waals surface area contributed by atoms with Gasteiger partial charge in [-0.3, -0.25) is 4.90 Å². The van der Waals surface area contributed by atoms with Crippen molar-refractivity contribution >= 4 is 39.7 Å². The van der Waals surface area contributed by atoms with E-state index >= 15 is 0 Å². The first-order chi connectivity index (χ1) is 20.5. The maximum absolute atomic E-state index is 9.32. The molecule has 0 unspecified atom stereocenters. The molecule has 0 atom stereocenters. The summed E-state index contributed by atoms with van der Waals surface area (Å²) < 4.78 is 11.0. The number of benzene rings is 4. The standard InChI is InChI=1S/C29H35NO3.C6H5Cl2N/c1-32-29-16-15-27-22-25(13-14-28(27)23-29)12-9-21-33-20-8-3-2-7-17-30(18-19-31)24-26-10-5-4-6-11-26;7-4-2-1-3-5(8)6(4)9/h4-6,10-11,13-16,22-23,31H,2-3,7-8,17-21,24H2,1H3;1-3H,9H2. The van der Waals surface area contributed by atoms with E-state index in [0.717, 1.165) is 67.6 Å². The van der Waals surface area contributed by atoms with Gasteiger partial charge in [-0.25, -0.2) is 0 Å². The molecule has 4 aromatic carbocycles. The third kappa shape index (κ3) is 11.9. The van der Waals surface area contributed by atoms with Crippen LogP contribution in [0.1, 0.15) is 36.8 Å². The molecule has 0 saturated carbocycles. The normalized spacial score (nSPS) is 10.6. The number of aliphatic hydroxyl groups excluding tert-OH is 1. The van der Waals surface area contributed by atoms with Crippen molar-refractivity contribution in [3.8, 4) is 17.6 Å². The van der Waals surface area contributed by atoms with Gasteiger partial charge in [0.25, 0.3) is 0 Å². The Kier molecular flexibility index (Phi) is 15.1. The highest BCUT2D eigenvalue weighted by molar-refractivity contribution is 6.38. The molecule has 0 aliphatic rings. The molecule has 0 amide bonds. The maximum Gasteiger partial charge on any atom is 0.119 e. The number of unbranched alkanes of at least 4 members (excludes halogenated alkanes) is 3. The second kappa shape index (κ2) is 19.0. The van der Waals surface area contributed by atoms with Crippen molar-refractivity contribution in [1.29, 1.82) is 0 Å². The number of hydrogen-bond acceptors (Lipinski definition) is 5. The highest BCUT2D eigenvalue weighted by Gasteiger charge is 2.05. The Morgan fingerprint density at radius 3 is 2.24 bits per heavy atom. The number of rotatable bonds is 13. The highest BCUT2D eigenvalue weighted by atomic mass is 35.5. The number of nitrogens with two attached hydrogens (primary N) is 1. The molecule has 5 nitrogen and oxygen atoms in total. The van der Waals surface area contributed by atoms with Crippen molar-refractivity contribution in [1.82, 2.24) is 4.90 Å². The van der Waals surface area contributed by atoms with Crippen molar-refractivity contribution in [2.75, 3.05) is 45.8 Å². The van der Waals surface area contributed by atoms with Crippen molar-refractivity contribution in [3.63, 3.8) is 0 Å². The third-order valence-electron chi connectivity index (χ3n) is 6.63. The molecular formula is C35H40Cl2N2O3. The average Bonchev–Trinajstić information content (AvgIpc) is 3.01. The SMILES string of the molecule is COc1ccc2cc(C#CCOCCCCCCN(CCO)Cc3ccccc3)ccc2c1.Nc1c(Cl)cccc1Cl. The summed E-state index contributed by atoms with van der Waals surface area (Å²) in [4.78, 5) is 2.32. The number of anilines is 1. The topological polar surface area (TPSA) is 68.0 Å². The quantitative estimate of drug-likeness (QED) is 0.0921. The van der Waals surface area contributed by atoms with E-state index in [-0.39, 0.29) is 6.61 Å². The smallest absolute Gasteiger partial charge is 0.119 e. The van der Waals surface area contributed by atoms with E-state index in [1.165, 1.54) is 12.0 Å². The number of nitrogens with zero attached hydrogens (tertiary/aromatic N) is 1. The molecule has 0 aliphatic heterocycles. The summed E-state index contributed by atoms with van der Waals surface area (Å²) in [6.45, 7) is 4.05. The first kappa shape index (κ1) is 33.3. The number of halogens is 2. The molecule has 42 heavy (non-hydrogen) atoms. The molecule has 0 fully saturated rings. The molecule has 7 heteroatoms. The molecule has 0 aliphatic carbocycles. The van der Waals surface area contributed by atoms with Crippen LogP contribution in [0.3, 0.4) is 0 Å². The van der Waals surface area contributed by atoms with Crippen LogP contribution < -0.4 is 10.5 Å². The van der Waals surface area contributed by atoms with E-state index < -0.39 is 0 Å². The van der Waals surface area contributed by atoms with Gasteiger partial charge in [0, 0.05) is 25.3 Å². The van der Waals surface area contributed by atoms with Crippen molar-refractivity contribution in [3.05, 3.63) is 106 Å². The summed E-state index contributed by atoms with van der Waals surface area (Å²) in [6.07, 6.45) is 4.52. The second-order valence-electron chi connectivity index (χ2n) is 9.82. The average molecular weight is 608 g/mol. The molecule has 4 aromatic rings. The van der Waals surface area contributed by atoms with Gasteiger partial charge in [-0.15, -0.1) is 0 Å². The van der Waals surface area contributed by atoms with Crippen molar-refractivity contribution in [2.45, 2.75) is 32.2 Å². The molecule has 4 rings (SSSR count). The van der Waals surface area contributed by atoms with Gasteiger partial charge in [0.05, 0.1) is 29.4 Å². The van der Waals surface area contributed by atoms with Crippen molar-refractivity contribution < 1.29 is 14.6 Å². The lowest BCUT2D eigenvalue weighted by Crippen LogP contribution is -2.27. The molecule has 222 valence electrons. The fraction of sp³-hybridized carbons (Fsp3) is 0.314. The highest BCUT2D eigenvalue weighted by Crippen LogP contribution is 2.26. The van der Waals surface area contributed by atoms with Gasteiger partial charge in [0.15, 0.2) is 0 Å². The van der Waals surface area contributed by atoms with Crippen LogP contribution in [0.4, 0.5) is 5.69 Å². The molecule has 3 N–H and O–H groups in total. The molecule has 0 saturated heterocycles. The van der Waals surface area contributed by atoms with Crippen LogP contribution >= 0.6 is 23.2 Å². The fourth-order valence-corrected chi connectivity index (χ4v) is 4.74. The molecule has 0 aromatic heterocycles. The predicted octanol–water partition coefficient (Wildman–Crippen LogP) is 7.85. The Hall–Kier alpha value is -3.24. The number of methoxy groups -OCH3 is 1. The zero-order valence-corrected chi connectivity index (χ0v) is 25.7. The van der Waals surface area contributed by atoms with Gasteiger partial charge < -0.3 is 20.3 Å². The van der Waals surface area contributed by atoms with Crippen LogP contribution in [0, 0.1) is 11.8 Å². The lowest BCUT2D eigenvalue weighted by Gasteiger charge is -2.21. The Morgan fingerprint density at radius 2 is 1.52 bits per heavy atom.